The third-order valence-corrected chi connectivity index (χ3v) is 5.44. The van der Waals surface area contributed by atoms with Crippen molar-refractivity contribution >= 4 is 22.2 Å². The van der Waals surface area contributed by atoms with Crippen LogP contribution in [0.3, 0.4) is 0 Å². The number of nitrogens with zero attached hydrogens (tertiary/aromatic N) is 3. The molecule has 1 amide bonds. The number of amides is 1. The van der Waals surface area contributed by atoms with Gasteiger partial charge in [-0.1, -0.05) is 30.3 Å². The highest BCUT2D eigenvalue weighted by Gasteiger charge is 2.16. The molecule has 2 heterocycles. The molecule has 7 heteroatoms. The van der Waals surface area contributed by atoms with E-state index in [0.717, 1.165) is 16.0 Å². The Morgan fingerprint density at radius 1 is 1.26 bits per heavy atom. The second kappa shape index (κ2) is 7.56. The summed E-state index contributed by atoms with van der Waals surface area (Å²) in [6.07, 6.45) is 0. The lowest BCUT2D eigenvalue weighted by molar-refractivity contribution is -0.116. The Morgan fingerprint density at radius 3 is 2.59 bits per heavy atom. The average Bonchev–Trinajstić information content (AvgIpc) is 2.91. The summed E-state index contributed by atoms with van der Waals surface area (Å²) in [6.45, 7) is 5.28. The van der Waals surface area contributed by atoms with Crippen molar-refractivity contribution in [2.75, 3.05) is 5.32 Å². The van der Waals surface area contributed by atoms with Crippen LogP contribution in [0.25, 0.3) is 11.3 Å². The molecule has 3 aromatic rings. The van der Waals surface area contributed by atoms with Crippen LogP contribution in [-0.4, -0.2) is 15.5 Å². The van der Waals surface area contributed by atoms with Crippen LogP contribution in [0.4, 0.5) is 5.00 Å². The lowest BCUT2D eigenvalue weighted by Crippen LogP contribution is -2.29. The van der Waals surface area contributed by atoms with Gasteiger partial charge in [-0.05, 0) is 26.3 Å². The van der Waals surface area contributed by atoms with Gasteiger partial charge in [-0.15, -0.1) is 11.3 Å². The van der Waals surface area contributed by atoms with E-state index in [0.29, 0.717) is 22.1 Å². The molecular formula is C20H18N4O2S. The minimum absolute atomic E-state index is 0.159. The molecule has 0 atom stereocenters. The molecule has 0 fully saturated rings. The Labute approximate surface area is 160 Å². The van der Waals surface area contributed by atoms with Crippen molar-refractivity contribution in [1.82, 2.24) is 9.55 Å². The van der Waals surface area contributed by atoms with Gasteiger partial charge < -0.3 is 5.32 Å². The van der Waals surface area contributed by atoms with Crippen molar-refractivity contribution in [3.8, 4) is 17.3 Å². The lowest BCUT2D eigenvalue weighted by Gasteiger charge is -2.11. The number of carbonyl (C=O) groups excluding carboxylic acids is 1. The molecule has 1 aromatic carbocycles. The molecule has 0 spiro atoms. The molecule has 0 unspecified atom stereocenters. The highest BCUT2D eigenvalue weighted by molar-refractivity contribution is 7.16. The van der Waals surface area contributed by atoms with Gasteiger partial charge in [-0.25, -0.2) is 4.98 Å². The number of thiophene rings is 1. The molecule has 6 nitrogen and oxygen atoms in total. The van der Waals surface area contributed by atoms with E-state index in [2.05, 4.69) is 16.4 Å². The van der Waals surface area contributed by atoms with Crippen molar-refractivity contribution in [3.63, 3.8) is 0 Å². The number of anilines is 1. The minimum Gasteiger partial charge on any atom is -0.315 e. The second-order valence-electron chi connectivity index (χ2n) is 6.13. The van der Waals surface area contributed by atoms with Crippen molar-refractivity contribution < 1.29 is 4.79 Å². The molecular weight excluding hydrogens is 360 g/mol. The fourth-order valence-corrected chi connectivity index (χ4v) is 3.76. The van der Waals surface area contributed by atoms with Crippen LogP contribution in [0.15, 0.2) is 41.2 Å². The SMILES string of the molecule is Cc1sc(NC(=O)Cn2c(C)nc(-c3ccccc3)cc2=O)c(C#N)c1C. The molecule has 0 aliphatic heterocycles. The first-order valence-electron chi connectivity index (χ1n) is 8.34. The molecule has 0 aliphatic carbocycles. The number of aryl methyl sites for hydroxylation is 2. The van der Waals surface area contributed by atoms with E-state index in [1.807, 2.05) is 44.2 Å². The summed E-state index contributed by atoms with van der Waals surface area (Å²) in [4.78, 5) is 30.4. The van der Waals surface area contributed by atoms with Gasteiger partial charge in [0.2, 0.25) is 5.91 Å². The molecule has 0 saturated carbocycles. The summed E-state index contributed by atoms with van der Waals surface area (Å²) >= 11 is 1.36. The minimum atomic E-state index is -0.368. The Morgan fingerprint density at radius 2 is 1.96 bits per heavy atom. The quantitative estimate of drug-likeness (QED) is 0.754. The molecule has 0 bridgehead atoms. The molecule has 136 valence electrons. The number of carbonyl (C=O) groups is 1. The van der Waals surface area contributed by atoms with E-state index in [-0.39, 0.29) is 18.0 Å². The number of hydrogen-bond acceptors (Lipinski definition) is 5. The lowest BCUT2D eigenvalue weighted by atomic mass is 10.1. The molecule has 3 rings (SSSR count). The van der Waals surface area contributed by atoms with Gasteiger partial charge in [0, 0.05) is 16.5 Å². The van der Waals surface area contributed by atoms with E-state index >= 15 is 0 Å². The Hall–Kier alpha value is -3.24. The Kier molecular flexibility index (Phi) is 5.19. The molecule has 0 radical (unpaired) electrons. The summed E-state index contributed by atoms with van der Waals surface area (Å²) in [7, 11) is 0. The van der Waals surface area contributed by atoms with Crippen molar-refractivity contribution in [2.45, 2.75) is 27.3 Å². The first-order chi connectivity index (χ1) is 12.9. The summed E-state index contributed by atoms with van der Waals surface area (Å²) in [5.74, 6) is 0.0859. The summed E-state index contributed by atoms with van der Waals surface area (Å²) in [5.41, 5.74) is 2.45. The van der Waals surface area contributed by atoms with Crippen molar-refractivity contribution in [2.24, 2.45) is 0 Å². The van der Waals surface area contributed by atoms with Crippen LogP contribution in [0, 0.1) is 32.1 Å². The number of nitriles is 1. The Bertz CT molecular complexity index is 1110. The van der Waals surface area contributed by atoms with E-state index < -0.39 is 0 Å². The van der Waals surface area contributed by atoms with Gasteiger partial charge >= 0.3 is 0 Å². The predicted molar refractivity (Wildman–Crippen MR) is 106 cm³/mol. The van der Waals surface area contributed by atoms with E-state index in [1.54, 1.807) is 6.92 Å². The molecule has 27 heavy (non-hydrogen) atoms. The predicted octanol–water partition coefficient (Wildman–Crippen LogP) is 3.41. The second-order valence-corrected chi connectivity index (χ2v) is 7.35. The van der Waals surface area contributed by atoms with Gasteiger partial charge in [-0.2, -0.15) is 5.26 Å². The fourth-order valence-electron chi connectivity index (χ4n) is 2.73. The van der Waals surface area contributed by atoms with E-state index in [1.165, 1.54) is 22.0 Å². The summed E-state index contributed by atoms with van der Waals surface area (Å²) < 4.78 is 1.32. The van der Waals surface area contributed by atoms with E-state index in [9.17, 15) is 14.9 Å². The third-order valence-electron chi connectivity index (χ3n) is 4.32. The van der Waals surface area contributed by atoms with Gasteiger partial charge in [0.25, 0.3) is 5.56 Å². The van der Waals surface area contributed by atoms with Gasteiger partial charge in [0.05, 0.1) is 11.3 Å². The van der Waals surface area contributed by atoms with Crippen LogP contribution in [-0.2, 0) is 11.3 Å². The number of aromatic nitrogens is 2. The van der Waals surface area contributed by atoms with Crippen LogP contribution >= 0.6 is 11.3 Å². The average molecular weight is 378 g/mol. The highest BCUT2D eigenvalue weighted by Crippen LogP contribution is 2.31. The van der Waals surface area contributed by atoms with E-state index in [4.69, 9.17) is 0 Å². The zero-order valence-corrected chi connectivity index (χ0v) is 16.1. The topological polar surface area (TPSA) is 87.8 Å². The van der Waals surface area contributed by atoms with Crippen LogP contribution in [0.1, 0.15) is 21.8 Å². The first-order valence-corrected chi connectivity index (χ1v) is 9.16. The zero-order valence-electron chi connectivity index (χ0n) is 15.2. The number of hydrogen-bond donors (Lipinski definition) is 1. The van der Waals surface area contributed by atoms with Crippen LogP contribution < -0.4 is 10.9 Å². The normalized spacial score (nSPS) is 10.4. The number of benzene rings is 1. The standard InChI is InChI=1S/C20H18N4O2S/c1-12-13(2)27-20(16(12)10-21)23-18(25)11-24-14(3)22-17(9-19(24)26)15-7-5-4-6-8-15/h4-9H,11H2,1-3H3,(H,23,25). The monoisotopic (exact) mass is 378 g/mol. The molecule has 0 aliphatic rings. The molecule has 1 N–H and O–H groups in total. The van der Waals surface area contributed by atoms with Gasteiger partial charge in [-0.3, -0.25) is 14.2 Å². The maximum absolute atomic E-state index is 12.5. The van der Waals surface area contributed by atoms with Gasteiger partial charge in [0.15, 0.2) is 0 Å². The number of rotatable bonds is 4. The summed E-state index contributed by atoms with van der Waals surface area (Å²) in [5, 5.41) is 12.5. The van der Waals surface area contributed by atoms with Crippen LogP contribution in [0.5, 0.6) is 0 Å². The first kappa shape index (κ1) is 18.5. The van der Waals surface area contributed by atoms with Gasteiger partial charge in [0.1, 0.15) is 23.4 Å². The van der Waals surface area contributed by atoms with Crippen LogP contribution in [0.2, 0.25) is 0 Å². The fraction of sp³-hybridized carbons (Fsp3) is 0.200. The number of nitrogens with one attached hydrogen (secondary N) is 1. The largest absolute Gasteiger partial charge is 0.315 e. The summed E-state index contributed by atoms with van der Waals surface area (Å²) in [6, 6.07) is 13.0. The maximum Gasteiger partial charge on any atom is 0.254 e. The molecule has 0 saturated heterocycles. The Balaban J connectivity index is 1.84. The van der Waals surface area contributed by atoms with Crippen molar-refractivity contribution in [1.29, 1.82) is 5.26 Å². The highest BCUT2D eigenvalue weighted by atomic mass is 32.1. The smallest absolute Gasteiger partial charge is 0.254 e. The zero-order chi connectivity index (χ0) is 19.6. The third kappa shape index (κ3) is 3.81. The molecule has 2 aromatic heterocycles. The van der Waals surface area contributed by atoms with Crippen molar-refractivity contribution in [3.05, 3.63) is 68.6 Å². The maximum atomic E-state index is 12.5.